The number of benzene rings is 2. The molecule has 0 aliphatic carbocycles. The zero-order chi connectivity index (χ0) is 23.7. The molecule has 170 valence electrons. The quantitative estimate of drug-likeness (QED) is 0.614. The largest absolute Gasteiger partial charge is 0.435 e. The molecule has 0 fully saturated rings. The summed E-state index contributed by atoms with van der Waals surface area (Å²) in [5.41, 5.74) is -2.83. The highest BCUT2D eigenvalue weighted by Crippen LogP contribution is 2.49. The second-order valence-corrected chi connectivity index (χ2v) is 8.12. The van der Waals surface area contributed by atoms with Crippen LogP contribution < -0.4 is 10.6 Å². The maximum atomic E-state index is 14.1. The van der Waals surface area contributed by atoms with Crippen LogP contribution in [0.1, 0.15) is 27.9 Å². The minimum absolute atomic E-state index is 0.0170. The Morgan fingerprint density at radius 3 is 2.34 bits per heavy atom. The Hall–Kier alpha value is -2.49. The number of alkyl halides is 3. The van der Waals surface area contributed by atoms with Crippen molar-refractivity contribution in [3.63, 3.8) is 0 Å². The van der Waals surface area contributed by atoms with Crippen molar-refractivity contribution < 1.29 is 27.6 Å². The van der Waals surface area contributed by atoms with E-state index in [-0.39, 0.29) is 44.0 Å². The third-order valence-corrected chi connectivity index (χ3v) is 5.50. The van der Waals surface area contributed by atoms with Gasteiger partial charge in [-0.1, -0.05) is 46.0 Å². The second kappa shape index (κ2) is 9.17. The van der Waals surface area contributed by atoms with Crippen molar-refractivity contribution in [2.75, 3.05) is 13.6 Å². The normalized spacial score (nSPS) is 18.0. The molecule has 2 aromatic rings. The van der Waals surface area contributed by atoms with E-state index in [4.69, 9.17) is 39.6 Å². The Kier molecular flexibility index (Phi) is 6.92. The molecule has 1 aliphatic rings. The summed E-state index contributed by atoms with van der Waals surface area (Å²) in [6, 6.07) is 7.55. The van der Waals surface area contributed by atoms with Gasteiger partial charge in [-0.15, -0.1) is 0 Å². The molecule has 1 aliphatic heterocycles. The van der Waals surface area contributed by atoms with E-state index < -0.39 is 30.0 Å². The number of oxime groups is 1. The first kappa shape index (κ1) is 24.2. The Balaban J connectivity index is 1.88. The molecule has 12 heteroatoms. The summed E-state index contributed by atoms with van der Waals surface area (Å²) < 4.78 is 42.3. The van der Waals surface area contributed by atoms with Gasteiger partial charge in [-0.2, -0.15) is 13.2 Å². The number of rotatable bonds is 5. The lowest BCUT2D eigenvalue weighted by Gasteiger charge is -2.29. The fourth-order valence-corrected chi connectivity index (χ4v) is 3.86. The van der Waals surface area contributed by atoms with Crippen LogP contribution in [0.5, 0.6) is 0 Å². The molecule has 0 aromatic heterocycles. The Bertz CT molecular complexity index is 1090. The summed E-state index contributed by atoms with van der Waals surface area (Å²) in [7, 11) is 1.42. The van der Waals surface area contributed by atoms with Crippen molar-refractivity contribution in [3.8, 4) is 0 Å². The van der Waals surface area contributed by atoms with Gasteiger partial charge in [0.05, 0.1) is 22.8 Å². The highest BCUT2D eigenvalue weighted by Gasteiger charge is 2.62. The number of nitrogens with zero attached hydrogens (tertiary/aromatic N) is 1. The summed E-state index contributed by atoms with van der Waals surface area (Å²) in [5.74, 6) is -1.03. The number of carbonyl (C=O) groups is 2. The molecule has 2 amide bonds. The maximum absolute atomic E-state index is 14.1. The fraction of sp³-hybridized carbons (Fsp3) is 0.250. The minimum atomic E-state index is -4.84. The molecule has 0 saturated carbocycles. The van der Waals surface area contributed by atoms with Crippen LogP contribution in [0.2, 0.25) is 15.1 Å². The lowest BCUT2D eigenvalue weighted by molar-refractivity contribution is -0.275. The van der Waals surface area contributed by atoms with E-state index in [2.05, 4.69) is 15.8 Å². The third kappa shape index (κ3) is 4.79. The Morgan fingerprint density at radius 1 is 1.12 bits per heavy atom. The molecule has 1 unspecified atom stereocenters. The van der Waals surface area contributed by atoms with Crippen LogP contribution in [0.4, 0.5) is 13.2 Å². The number of likely N-dealkylation sites (N-methyl/N-ethyl adjacent to an activating group) is 1. The molecule has 0 radical (unpaired) electrons. The van der Waals surface area contributed by atoms with Crippen molar-refractivity contribution >= 4 is 52.3 Å². The molecular formula is C20H15Cl3F3N3O3. The average Bonchev–Trinajstić information content (AvgIpc) is 3.18. The number of halogens is 6. The standard InChI is InChI=1S/C20H15Cl3F3N3O3/c1-27-17(30)9-28-18(31)14-3-2-10(4-15(14)23)16-8-19(32-29-16,20(24,25)26)11-5-12(21)7-13(22)6-11/h2-7H,8-9H2,1H3,(H,27,30)(H,28,31). The van der Waals surface area contributed by atoms with Gasteiger partial charge >= 0.3 is 6.18 Å². The molecule has 1 atom stereocenters. The van der Waals surface area contributed by atoms with Crippen LogP contribution in [0.3, 0.4) is 0 Å². The van der Waals surface area contributed by atoms with Crippen LogP contribution in [-0.4, -0.2) is 37.3 Å². The van der Waals surface area contributed by atoms with Crippen LogP contribution in [0.25, 0.3) is 0 Å². The van der Waals surface area contributed by atoms with Gasteiger partial charge in [0.1, 0.15) is 0 Å². The van der Waals surface area contributed by atoms with Crippen LogP contribution in [0.15, 0.2) is 41.6 Å². The monoisotopic (exact) mass is 507 g/mol. The van der Waals surface area contributed by atoms with Crippen molar-refractivity contribution in [1.82, 2.24) is 10.6 Å². The van der Waals surface area contributed by atoms with Crippen molar-refractivity contribution in [1.29, 1.82) is 0 Å². The predicted molar refractivity (Wildman–Crippen MR) is 114 cm³/mol. The first-order valence-corrected chi connectivity index (χ1v) is 10.2. The Morgan fingerprint density at radius 2 is 1.78 bits per heavy atom. The molecule has 2 N–H and O–H groups in total. The zero-order valence-corrected chi connectivity index (χ0v) is 18.6. The van der Waals surface area contributed by atoms with Gasteiger partial charge in [0.25, 0.3) is 11.5 Å². The first-order chi connectivity index (χ1) is 15.0. The molecule has 32 heavy (non-hydrogen) atoms. The van der Waals surface area contributed by atoms with Crippen molar-refractivity contribution in [2.45, 2.75) is 18.2 Å². The zero-order valence-electron chi connectivity index (χ0n) is 16.3. The SMILES string of the molecule is CNC(=O)CNC(=O)c1ccc(C2=NOC(c3cc(Cl)cc(Cl)c3)(C(F)(F)F)C2)cc1Cl. The van der Waals surface area contributed by atoms with E-state index in [1.807, 2.05) is 0 Å². The summed E-state index contributed by atoms with van der Waals surface area (Å²) in [5, 5.41) is 8.38. The Labute approximate surface area is 195 Å². The highest BCUT2D eigenvalue weighted by molar-refractivity contribution is 6.35. The molecular weight excluding hydrogens is 494 g/mol. The molecule has 0 spiro atoms. The predicted octanol–water partition coefficient (Wildman–Crippen LogP) is 4.70. The second-order valence-electron chi connectivity index (χ2n) is 6.84. The molecule has 3 rings (SSSR count). The average molecular weight is 509 g/mol. The van der Waals surface area contributed by atoms with E-state index in [1.165, 1.54) is 31.3 Å². The van der Waals surface area contributed by atoms with Crippen LogP contribution in [0, 0.1) is 0 Å². The van der Waals surface area contributed by atoms with Crippen LogP contribution >= 0.6 is 34.8 Å². The van der Waals surface area contributed by atoms with Gasteiger partial charge in [-0.3, -0.25) is 9.59 Å². The molecule has 6 nitrogen and oxygen atoms in total. The molecule has 0 bridgehead atoms. The van der Waals surface area contributed by atoms with Crippen LogP contribution in [-0.2, 0) is 15.2 Å². The number of amides is 2. The van der Waals surface area contributed by atoms with Gasteiger partial charge in [-0.25, -0.2) is 0 Å². The van der Waals surface area contributed by atoms with E-state index >= 15 is 0 Å². The van der Waals surface area contributed by atoms with Gasteiger partial charge in [0.15, 0.2) is 0 Å². The van der Waals surface area contributed by atoms with E-state index in [1.54, 1.807) is 0 Å². The smallest absolute Gasteiger partial charge is 0.374 e. The van der Waals surface area contributed by atoms with Crippen molar-refractivity contribution in [2.24, 2.45) is 5.16 Å². The fourth-order valence-electron chi connectivity index (χ4n) is 3.07. The lowest BCUT2D eigenvalue weighted by atomic mass is 9.86. The van der Waals surface area contributed by atoms with E-state index in [0.717, 1.165) is 12.1 Å². The van der Waals surface area contributed by atoms with Gasteiger partial charge in [-0.05, 0) is 30.3 Å². The van der Waals surface area contributed by atoms with E-state index in [0.29, 0.717) is 0 Å². The first-order valence-electron chi connectivity index (χ1n) is 9.04. The topological polar surface area (TPSA) is 79.8 Å². The van der Waals surface area contributed by atoms with Gasteiger partial charge < -0.3 is 15.5 Å². The minimum Gasteiger partial charge on any atom is -0.374 e. The van der Waals surface area contributed by atoms with Gasteiger partial charge in [0.2, 0.25) is 5.91 Å². The lowest BCUT2D eigenvalue weighted by Crippen LogP contribution is -2.42. The summed E-state index contributed by atoms with van der Waals surface area (Å²) >= 11 is 17.9. The molecule has 1 heterocycles. The number of hydrogen-bond acceptors (Lipinski definition) is 4. The number of carbonyl (C=O) groups excluding carboxylic acids is 2. The summed E-state index contributed by atoms with van der Waals surface area (Å²) in [6.07, 6.45) is -5.50. The molecule has 2 aromatic carbocycles. The number of nitrogens with one attached hydrogen (secondary N) is 2. The van der Waals surface area contributed by atoms with Crippen molar-refractivity contribution in [3.05, 3.63) is 68.2 Å². The summed E-state index contributed by atoms with van der Waals surface area (Å²) in [6.45, 7) is -0.260. The third-order valence-electron chi connectivity index (χ3n) is 4.75. The van der Waals surface area contributed by atoms with E-state index in [9.17, 15) is 22.8 Å². The summed E-state index contributed by atoms with van der Waals surface area (Å²) in [4.78, 5) is 28.4. The van der Waals surface area contributed by atoms with Gasteiger partial charge in [0, 0.05) is 34.6 Å². The number of hydrogen-bond donors (Lipinski definition) is 2. The highest BCUT2D eigenvalue weighted by atomic mass is 35.5. The molecule has 0 saturated heterocycles. The maximum Gasteiger partial charge on any atom is 0.435 e.